The Labute approximate surface area is 117 Å². The number of primary amides is 1. The smallest absolute Gasteiger partial charge is 0.241 e. The SMILES string of the molecule is CCOc1ccc(/C=C\C(N)=O)cc1Cn1ccnc1. The van der Waals surface area contributed by atoms with Crippen LogP contribution >= 0.6 is 0 Å². The lowest BCUT2D eigenvalue weighted by atomic mass is 10.1. The molecule has 0 aliphatic carbocycles. The molecule has 1 amide bonds. The van der Waals surface area contributed by atoms with Gasteiger partial charge in [0.2, 0.25) is 5.91 Å². The number of rotatable bonds is 6. The monoisotopic (exact) mass is 271 g/mol. The number of imidazole rings is 1. The number of hydrogen-bond donors (Lipinski definition) is 1. The molecule has 5 nitrogen and oxygen atoms in total. The molecule has 20 heavy (non-hydrogen) atoms. The van der Waals surface area contributed by atoms with Gasteiger partial charge in [-0.2, -0.15) is 0 Å². The molecule has 0 radical (unpaired) electrons. The first-order valence-electron chi connectivity index (χ1n) is 6.38. The standard InChI is InChI=1S/C15H17N3O2/c1-2-20-14-5-3-12(4-6-15(16)19)9-13(14)10-18-8-7-17-11-18/h3-9,11H,2,10H2,1H3,(H2,16,19)/b6-4-. The van der Waals surface area contributed by atoms with Crippen LogP contribution < -0.4 is 10.5 Å². The summed E-state index contributed by atoms with van der Waals surface area (Å²) in [4.78, 5) is 14.8. The molecule has 2 N–H and O–H groups in total. The van der Waals surface area contributed by atoms with Crippen molar-refractivity contribution in [1.82, 2.24) is 9.55 Å². The van der Waals surface area contributed by atoms with Gasteiger partial charge in [-0.15, -0.1) is 0 Å². The Morgan fingerprint density at radius 1 is 1.50 bits per heavy atom. The predicted octanol–water partition coefficient (Wildman–Crippen LogP) is 1.83. The second-order valence-electron chi connectivity index (χ2n) is 4.27. The number of carbonyl (C=O) groups excluding carboxylic acids is 1. The molecule has 0 aliphatic heterocycles. The molecule has 0 unspecified atom stereocenters. The summed E-state index contributed by atoms with van der Waals surface area (Å²) in [6, 6.07) is 5.77. The van der Waals surface area contributed by atoms with Crippen molar-refractivity contribution in [3.63, 3.8) is 0 Å². The zero-order valence-corrected chi connectivity index (χ0v) is 11.3. The Bertz CT molecular complexity index is 604. The van der Waals surface area contributed by atoms with Crippen LogP contribution in [0.15, 0.2) is 43.0 Å². The van der Waals surface area contributed by atoms with E-state index in [1.807, 2.05) is 35.9 Å². The number of aromatic nitrogens is 2. The molecule has 0 bridgehead atoms. The summed E-state index contributed by atoms with van der Waals surface area (Å²) >= 11 is 0. The number of hydrogen-bond acceptors (Lipinski definition) is 3. The zero-order chi connectivity index (χ0) is 14.4. The Morgan fingerprint density at radius 3 is 3.00 bits per heavy atom. The highest BCUT2D eigenvalue weighted by Crippen LogP contribution is 2.22. The summed E-state index contributed by atoms with van der Waals surface area (Å²) < 4.78 is 7.57. The Balaban J connectivity index is 2.28. The number of benzene rings is 1. The molecule has 1 aromatic heterocycles. The summed E-state index contributed by atoms with van der Waals surface area (Å²) in [6.45, 7) is 3.21. The summed E-state index contributed by atoms with van der Waals surface area (Å²) in [5, 5.41) is 0. The number of nitrogens with zero attached hydrogens (tertiary/aromatic N) is 2. The number of amides is 1. The summed E-state index contributed by atoms with van der Waals surface area (Å²) in [5.41, 5.74) is 7.03. The van der Waals surface area contributed by atoms with Gasteiger partial charge in [0.15, 0.2) is 0 Å². The zero-order valence-electron chi connectivity index (χ0n) is 11.3. The van der Waals surface area contributed by atoms with E-state index in [-0.39, 0.29) is 0 Å². The van der Waals surface area contributed by atoms with Crippen molar-refractivity contribution in [3.8, 4) is 5.75 Å². The second-order valence-corrected chi connectivity index (χ2v) is 4.27. The van der Waals surface area contributed by atoms with E-state index in [1.54, 1.807) is 18.6 Å². The molecule has 1 aromatic carbocycles. The number of nitrogens with two attached hydrogens (primary N) is 1. The van der Waals surface area contributed by atoms with Crippen molar-refractivity contribution in [1.29, 1.82) is 0 Å². The minimum Gasteiger partial charge on any atom is -0.494 e. The first-order chi connectivity index (χ1) is 9.69. The van der Waals surface area contributed by atoms with E-state index in [0.29, 0.717) is 13.2 Å². The molecular weight excluding hydrogens is 254 g/mol. The maximum absolute atomic E-state index is 10.8. The fourth-order valence-electron chi connectivity index (χ4n) is 1.88. The normalized spacial score (nSPS) is 10.8. The largest absolute Gasteiger partial charge is 0.494 e. The van der Waals surface area contributed by atoms with E-state index in [9.17, 15) is 4.79 Å². The molecule has 1 heterocycles. The third-order valence-electron chi connectivity index (χ3n) is 2.74. The van der Waals surface area contributed by atoms with Crippen LogP contribution in [0, 0.1) is 0 Å². The molecule has 0 aliphatic rings. The molecule has 5 heteroatoms. The van der Waals surface area contributed by atoms with Crippen molar-refractivity contribution in [2.75, 3.05) is 6.61 Å². The molecule has 0 saturated heterocycles. The number of carbonyl (C=O) groups is 1. The van der Waals surface area contributed by atoms with E-state index < -0.39 is 5.91 Å². The van der Waals surface area contributed by atoms with Gasteiger partial charge in [-0.1, -0.05) is 6.07 Å². The van der Waals surface area contributed by atoms with Gasteiger partial charge in [0, 0.05) is 24.0 Å². The molecule has 0 atom stereocenters. The van der Waals surface area contributed by atoms with Gasteiger partial charge >= 0.3 is 0 Å². The first-order valence-corrected chi connectivity index (χ1v) is 6.38. The lowest BCUT2D eigenvalue weighted by molar-refractivity contribution is -0.113. The van der Waals surface area contributed by atoms with Gasteiger partial charge in [0.25, 0.3) is 0 Å². The van der Waals surface area contributed by atoms with Gasteiger partial charge in [-0.3, -0.25) is 4.79 Å². The van der Waals surface area contributed by atoms with Gasteiger partial charge in [0.1, 0.15) is 5.75 Å². The van der Waals surface area contributed by atoms with Gasteiger partial charge < -0.3 is 15.0 Å². The fraction of sp³-hybridized carbons (Fsp3) is 0.200. The van der Waals surface area contributed by atoms with Gasteiger partial charge in [-0.05, 0) is 30.7 Å². The molecule has 2 aromatic rings. The van der Waals surface area contributed by atoms with Gasteiger partial charge in [-0.25, -0.2) is 4.98 Å². The van der Waals surface area contributed by atoms with E-state index in [1.165, 1.54) is 6.08 Å². The predicted molar refractivity (Wildman–Crippen MR) is 77.2 cm³/mol. The van der Waals surface area contributed by atoms with Crippen LogP contribution in [0.1, 0.15) is 18.1 Å². The fourth-order valence-corrected chi connectivity index (χ4v) is 1.88. The third kappa shape index (κ3) is 3.71. The summed E-state index contributed by atoms with van der Waals surface area (Å²) in [5.74, 6) is 0.368. The maximum Gasteiger partial charge on any atom is 0.241 e. The Hall–Kier alpha value is -2.56. The van der Waals surface area contributed by atoms with Crippen LogP contribution in [0.3, 0.4) is 0 Å². The van der Waals surface area contributed by atoms with E-state index in [2.05, 4.69) is 4.98 Å². The van der Waals surface area contributed by atoms with E-state index in [0.717, 1.165) is 16.9 Å². The molecule has 0 saturated carbocycles. The molecule has 0 spiro atoms. The highest BCUT2D eigenvalue weighted by atomic mass is 16.5. The second kappa shape index (κ2) is 6.56. The van der Waals surface area contributed by atoms with Crippen molar-refractivity contribution in [2.24, 2.45) is 5.73 Å². The van der Waals surface area contributed by atoms with Crippen LogP contribution in [0.4, 0.5) is 0 Å². The lowest BCUT2D eigenvalue weighted by Crippen LogP contribution is -2.05. The van der Waals surface area contributed by atoms with Crippen molar-refractivity contribution in [2.45, 2.75) is 13.5 Å². The van der Waals surface area contributed by atoms with Crippen LogP contribution in [0.25, 0.3) is 6.08 Å². The third-order valence-corrected chi connectivity index (χ3v) is 2.74. The molecule has 2 rings (SSSR count). The van der Waals surface area contributed by atoms with Crippen molar-refractivity contribution >= 4 is 12.0 Å². The summed E-state index contributed by atoms with van der Waals surface area (Å²) in [7, 11) is 0. The lowest BCUT2D eigenvalue weighted by Gasteiger charge is -2.11. The molecular formula is C15H17N3O2. The maximum atomic E-state index is 10.8. The quantitative estimate of drug-likeness (QED) is 0.815. The molecule has 104 valence electrons. The highest BCUT2D eigenvalue weighted by Gasteiger charge is 2.05. The van der Waals surface area contributed by atoms with Crippen LogP contribution in [-0.2, 0) is 11.3 Å². The minimum absolute atomic E-state index is 0.463. The first kappa shape index (κ1) is 13.9. The Kier molecular flexibility index (Phi) is 4.55. The van der Waals surface area contributed by atoms with Crippen molar-refractivity contribution < 1.29 is 9.53 Å². The van der Waals surface area contributed by atoms with Crippen LogP contribution in [0.2, 0.25) is 0 Å². The minimum atomic E-state index is -0.463. The summed E-state index contributed by atoms with van der Waals surface area (Å²) in [6.07, 6.45) is 8.41. The van der Waals surface area contributed by atoms with Crippen molar-refractivity contribution in [3.05, 3.63) is 54.1 Å². The van der Waals surface area contributed by atoms with E-state index in [4.69, 9.17) is 10.5 Å². The van der Waals surface area contributed by atoms with Gasteiger partial charge in [0.05, 0.1) is 19.5 Å². The highest BCUT2D eigenvalue weighted by molar-refractivity contribution is 5.90. The van der Waals surface area contributed by atoms with Crippen LogP contribution in [-0.4, -0.2) is 22.1 Å². The van der Waals surface area contributed by atoms with Crippen LogP contribution in [0.5, 0.6) is 5.75 Å². The number of ether oxygens (including phenoxy) is 1. The average molecular weight is 271 g/mol. The topological polar surface area (TPSA) is 70.1 Å². The average Bonchev–Trinajstić information content (AvgIpc) is 2.92. The Morgan fingerprint density at radius 2 is 2.35 bits per heavy atom. The van der Waals surface area contributed by atoms with E-state index >= 15 is 0 Å². The molecule has 0 fully saturated rings.